The lowest BCUT2D eigenvalue weighted by atomic mass is 9.65. The van der Waals surface area contributed by atoms with Gasteiger partial charge in [-0.15, -0.1) is 0 Å². The molecule has 2 aromatic rings. The second-order valence-corrected chi connectivity index (χ2v) is 5.62. The molecule has 1 fully saturated rings. The number of nitrogens with one attached hydrogen (secondary N) is 1. The molecule has 1 spiro atoms. The number of nitrogens with two attached hydrogens (primary N) is 1. The summed E-state index contributed by atoms with van der Waals surface area (Å²) >= 11 is 0. The molecule has 1 aliphatic carbocycles. The van der Waals surface area contributed by atoms with Crippen LogP contribution in [0, 0.1) is 0 Å². The van der Waals surface area contributed by atoms with Crippen LogP contribution in [0.1, 0.15) is 24.8 Å². The van der Waals surface area contributed by atoms with Gasteiger partial charge in [0.15, 0.2) is 0 Å². The molecule has 1 aromatic carbocycles. The molecule has 20 heavy (non-hydrogen) atoms. The zero-order valence-electron chi connectivity index (χ0n) is 11.0. The van der Waals surface area contributed by atoms with E-state index in [2.05, 4.69) is 10.3 Å². The van der Waals surface area contributed by atoms with Crippen molar-refractivity contribution >= 4 is 17.3 Å². The molecule has 0 atom stereocenters. The summed E-state index contributed by atoms with van der Waals surface area (Å²) in [5.41, 5.74) is 10.4. The maximum absolute atomic E-state index is 12.4. The standard InChI is InChI=1S/C16H15N3O/c17-11-8-12(10-2-6-18-7-3-10)14-13(9-11)16(4-1-5-16)15(20)19-14/h2-3,6-9H,1,4-5,17H2,(H,19,20). The van der Waals surface area contributed by atoms with Crippen LogP contribution in [0.3, 0.4) is 0 Å². The Hall–Kier alpha value is -2.36. The number of hydrogen-bond acceptors (Lipinski definition) is 3. The topological polar surface area (TPSA) is 68.0 Å². The summed E-state index contributed by atoms with van der Waals surface area (Å²) in [6.07, 6.45) is 6.45. The Morgan fingerprint density at radius 2 is 1.95 bits per heavy atom. The van der Waals surface area contributed by atoms with E-state index in [1.807, 2.05) is 24.3 Å². The summed E-state index contributed by atoms with van der Waals surface area (Å²) in [6, 6.07) is 7.75. The quantitative estimate of drug-likeness (QED) is 0.779. The van der Waals surface area contributed by atoms with Gasteiger partial charge in [0.05, 0.1) is 11.1 Å². The first kappa shape index (κ1) is 11.5. The van der Waals surface area contributed by atoms with E-state index in [1.54, 1.807) is 12.4 Å². The van der Waals surface area contributed by atoms with E-state index in [4.69, 9.17) is 5.73 Å². The van der Waals surface area contributed by atoms with Gasteiger partial charge in [-0.1, -0.05) is 6.42 Å². The lowest BCUT2D eigenvalue weighted by molar-refractivity contribution is -0.123. The summed E-state index contributed by atoms with van der Waals surface area (Å²) in [5, 5.41) is 3.07. The summed E-state index contributed by atoms with van der Waals surface area (Å²) < 4.78 is 0. The second kappa shape index (κ2) is 3.82. The van der Waals surface area contributed by atoms with Gasteiger partial charge in [-0.2, -0.15) is 0 Å². The van der Waals surface area contributed by atoms with Gasteiger partial charge in [0.1, 0.15) is 0 Å². The second-order valence-electron chi connectivity index (χ2n) is 5.62. The first-order chi connectivity index (χ1) is 9.71. The third-order valence-corrected chi connectivity index (χ3v) is 4.55. The average molecular weight is 265 g/mol. The molecular formula is C16H15N3O. The van der Waals surface area contributed by atoms with Crippen LogP contribution in [0.2, 0.25) is 0 Å². The molecule has 2 aliphatic rings. The summed E-state index contributed by atoms with van der Waals surface area (Å²) in [7, 11) is 0. The number of amides is 1. The van der Waals surface area contributed by atoms with E-state index in [-0.39, 0.29) is 11.3 Å². The van der Waals surface area contributed by atoms with Crippen LogP contribution in [0.25, 0.3) is 11.1 Å². The molecule has 1 aromatic heterocycles. The molecule has 100 valence electrons. The summed E-state index contributed by atoms with van der Waals surface area (Å²) in [5.74, 6) is 0.125. The Balaban J connectivity index is 1.96. The molecule has 4 heteroatoms. The van der Waals surface area contributed by atoms with Gasteiger partial charge in [-0.05, 0) is 48.2 Å². The van der Waals surface area contributed by atoms with Gasteiger partial charge in [0.25, 0.3) is 0 Å². The lowest BCUT2D eigenvalue weighted by Crippen LogP contribution is -2.40. The monoisotopic (exact) mass is 265 g/mol. The van der Waals surface area contributed by atoms with Crippen LogP contribution >= 0.6 is 0 Å². The Morgan fingerprint density at radius 1 is 1.20 bits per heavy atom. The maximum Gasteiger partial charge on any atom is 0.235 e. The third-order valence-electron chi connectivity index (χ3n) is 4.55. The molecule has 0 unspecified atom stereocenters. The van der Waals surface area contributed by atoms with Crippen LogP contribution in [0.5, 0.6) is 0 Å². The van der Waals surface area contributed by atoms with Crippen molar-refractivity contribution in [3.8, 4) is 11.1 Å². The normalized spacial score (nSPS) is 18.5. The number of pyridine rings is 1. The number of carbonyl (C=O) groups excluding carboxylic acids is 1. The molecule has 4 rings (SSSR count). The first-order valence-electron chi connectivity index (χ1n) is 6.87. The van der Waals surface area contributed by atoms with Crippen LogP contribution in [0.15, 0.2) is 36.7 Å². The van der Waals surface area contributed by atoms with E-state index in [9.17, 15) is 4.79 Å². The molecule has 1 amide bonds. The van der Waals surface area contributed by atoms with Crippen LogP contribution < -0.4 is 11.1 Å². The number of nitrogens with zero attached hydrogens (tertiary/aromatic N) is 1. The van der Waals surface area contributed by atoms with E-state index in [0.717, 1.165) is 41.6 Å². The molecule has 1 aliphatic heterocycles. The maximum atomic E-state index is 12.4. The van der Waals surface area contributed by atoms with E-state index in [1.165, 1.54) is 0 Å². The number of rotatable bonds is 1. The highest BCUT2D eigenvalue weighted by Crippen LogP contribution is 2.53. The highest BCUT2D eigenvalue weighted by Gasteiger charge is 2.51. The van der Waals surface area contributed by atoms with Crippen molar-refractivity contribution in [3.05, 3.63) is 42.2 Å². The molecule has 4 nitrogen and oxygen atoms in total. The van der Waals surface area contributed by atoms with Crippen LogP contribution in [-0.4, -0.2) is 10.9 Å². The Labute approximate surface area is 117 Å². The molecule has 2 heterocycles. The van der Waals surface area contributed by atoms with Gasteiger partial charge < -0.3 is 11.1 Å². The fourth-order valence-electron chi connectivity index (χ4n) is 3.32. The van der Waals surface area contributed by atoms with Gasteiger partial charge in [-0.3, -0.25) is 9.78 Å². The van der Waals surface area contributed by atoms with Crippen molar-refractivity contribution in [3.63, 3.8) is 0 Å². The van der Waals surface area contributed by atoms with Gasteiger partial charge in [-0.25, -0.2) is 0 Å². The fourth-order valence-corrected chi connectivity index (χ4v) is 3.32. The van der Waals surface area contributed by atoms with Crippen LogP contribution in [0.4, 0.5) is 11.4 Å². The number of carbonyl (C=O) groups is 1. The van der Waals surface area contributed by atoms with Crippen molar-refractivity contribution < 1.29 is 4.79 Å². The fraction of sp³-hybridized carbons (Fsp3) is 0.250. The number of nitrogen functional groups attached to an aromatic ring is 1. The highest BCUT2D eigenvalue weighted by molar-refractivity contribution is 6.10. The number of fused-ring (bicyclic) bond motifs is 2. The van der Waals surface area contributed by atoms with Crippen molar-refractivity contribution in [2.24, 2.45) is 0 Å². The van der Waals surface area contributed by atoms with Crippen molar-refractivity contribution in [1.82, 2.24) is 4.98 Å². The van der Waals surface area contributed by atoms with E-state index in [0.29, 0.717) is 5.69 Å². The van der Waals surface area contributed by atoms with Gasteiger partial charge in [0.2, 0.25) is 5.91 Å². The predicted molar refractivity (Wildman–Crippen MR) is 78.2 cm³/mol. The van der Waals surface area contributed by atoms with Gasteiger partial charge >= 0.3 is 0 Å². The van der Waals surface area contributed by atoms with Crippen LogP contribution in [-0.2, 0) is 10.2 Å². The first-order valence-corrected chi connectivity index (χ1v) is 6.87. The predicted octanol–water partition coefficient (Wildman–Crippen LogP) is 2.70. The number of benzene rings is 1. The SMILES string of the molecule is Nc1cc(-c2ccncc2)c2c(c1)C1(CCC1)C(=O)N2. The lowest BCUT2D eigenvalue weighted by Gasteiger charge is -2.36. The molecule has 0 radical (unpaired) electrons. The molecule has 0 bridgehead atoms. The molecule has 1 saturated carbocycles. The summed E-state index contributed by atoms with van der Waals surface area (Å²) in [6.45, 7) is 0. The minimum absolute atomic E-state index is 0.125. The zero-order valence-corrected chi connectivity index (χ0v) is 11.0. The molecular weight excluding hydrogens is 250 g/mol. The average Bonchev–Trinajstić information content (AvgIpc) is 2.70. The van der Waals surface area contributed by atoms with E-state index < -0.39 is 0 Å². The zero-order chi connectivity index (χ0) is 13.7. The minimum Gasteiger partial charge on any atom is -0.399 e. The van der Waals surface area contributed by atoms with Crippen molar-refractivity contribution in [1.29, 1.82) is 0 Å². The molecule has 0 saturated heterocycles. The Morgan fingerprint density at radius 3 is 2.60 bits per heavy atom. The number of anilines is 2. The van der Waals surface area contributed by atoms with Crippen molar-refractivity contribution in [2.45, 2.75) is 24.7 Å². The Kier molecular flexibility index (Phi) is 2.19. The largest absolute Gasteiger partial charge is 0.399 e. The minimum atomic E-state index is -0.327. The van der Waals surface area contributed by atoms with Gasteiger partial charge in [0, 0.05) is 23.6 Å². The number of hydrogen-bond donors (Lipinski definition) is 2. The van der Waals surface area contributed by atoms with E-state index >= 15 is 0 Å². The van der Waals surface area contributed by atoms with Crippen molar-refractivity contribution in [2.75, 3.05) is 11.1 Å². The highest BCUT2D eigenvalue weighted by atomic mass is 16.2. The third kappa shape index (κ3) is 1.36. The smallest absolute Gasteiger partial charge is 0.235 e. The summed E-state index contributed by atoms with van der Waals surface area (Å²) in [4.78, 5) is 16.4. The molecule has 3 N–H and O–H groups in total. The Bertz CT molecular complexity index is 705. The number of aromatic nitrogens is 1.